The average Bonchev–Trinajstić information content (AvgIpc) is 3.53. The van der Waals surface area contributed by atoms with Crippen molar-refractivity contribution in [2.24, 2.45) is 5.92 Å². The molecule has 3 heteroatoms. The molecule has 1 radical (unpaired) electrons. The lowest BCUT2D eigenvalue weighted by Gasteiger charge is -2.36. The topological polar surface area (TPSA) is 9.23 Å². The van der Waals surface area contributed by atoms with Gasteiger partial charge in [-0.3, -0.25) is 0 Å². The second-order valence-corrected chi connectivity index (χ2v) is 17.5. The van der Waals surface area contributed by atoms with E-state index in [-0.39, 0.29) is 11.8 Å². The number of rotatable bonds is 12. The second kappa shape index (κ2) is 18.1. The van der Waals surface area contributed by atoms with Gasteiger partial charge in [0.05, 0.1) is 7.11 Å². The van der Waals surface area contributed by atoms with Crippen LogP contribution in [0.5, 0.6) is 5.75 Å². The minimum atomic E-state index is -0.0328. The Bertz CT molecular complexity index is 2440. The number of ether oxygens (including phenoxy) is 1. The van der Waals surface area contributed by atoms with Gasteiger partial charge in [-0.05, 0) is 195 Å². The summed E-state index contributed by atoms with van der Waals surface area (Å²) in [5.41, 5.74) is 26.7. The molecule has 0 spiro atoms. The zero-order chi connectivity index (χ0) is 42.0. The minimum Gasteiger partial charge on any atom is -0.497 e. The van der Waals surface area contributed by atoms with Crippen molar-refractivity contribution in [1.29, 1.82) is 0 Å². The number of benzene rings is 5. The maximum atomic E-state index is 5.91. The Hall–Kier alpha value is -4.61. The van der Waals surface area contributed by atoms with Gasteiger partial charge in [-0.25, -0.2) is 0 Å². The smallest absolute Gasteiger partial charge is 0.200 e. The fourth-order valence-electron chi connectivity index (χ4n) is 9.69. The van der Waals surface area contributed by atoms with Gasteiger partial charge in [-0.15, -0.1) is 0 Å². The van der Waals surface area contributed by atoms with E-state index in [0.717, 1.165) is 23.2 Å². The van der Waals surface area contributed by atoms with E-state index in [4.69, 9.17) is 11.3 Å². The summed E-state index contributed by atoms with van der Waals surface area (Å²) in [5.74, 6) is 0.898. The van der Waals surface area contributed by atoms with Crippen molar-refractivity contribution in [2.75, 3.05) is 7.11 Å². The van der Waals surface area contributed by atoms with E-state index in [2.05, 4.69) is 207 Å². The van der Waals surface area contributed by atoms with Gasteiger partial charge in [0.25, 0.3) is 0 Å². The van der Waals surface area contributed by atoms with Crippen molar-refractivity contribution in [1.82, 2.24) is 0 Å². The van der Waals surface area contributed by atoms with Crippen LogP contribution in [0.2, 0.25) is 6.32 Å². The van der Waals surface area contributed by atoms with Crippen LogP contribution in [-0.2, 0) is 0 Å². The normalized spacial score (nSPS) is 14.8. The van der Waals surface area contributed by atoms with E-state index in [0.29, 0.717) is 0 Å². The third-order valence-electron chi connectivity index (χ3n) is 12.0. The van der Waals surface area contributed by atoms with Crippen molar-refractivity contribution in [3.8, 4) is 5.75 Å². The largest absolute Gasteiger partial charge is 0.497 e. The van der Waals surface area contributed by atoms with Crippen molar-refractivity contribution < 1.29 is 4.74 Å². The first-order valence-corrected chi connectivity index (χ1v) is 21.8. The van der Waals surface area contributed by atoms with Crippen LogP contribution in [0.3, 0.4) is 0 Å². The molecule has 58 heavy (non-hydrogen) atoms. The van der Waals surface area contributed by atoms with Gasteiger partial charge in [0.1, 0.15) is 5.75 Å². The fourth-order valence-corrected chi connectivity index (χ4v) is 10.2. The van der Waals surface area contributed by atoms with E-state index in [9.17, 15) is 0 Å². The molecular weight excluding hydrogens is 814 g/mol. The zero-order valence-electron chi connectivity index (χ0n) is 36.7. The third-order valence-corrected chi connectivity index (χ3v) is 12.6. The summed E-state index contributed by atoms with van der Waals surface area (Å²) < 4.78 is 5.91. The molecule has 1 nitrogen and oxygen atoms in total. The summed E-state index contributed by atoms with van der Waals surface area (Å²) in [7, 11) is 1.77. The van der Waals surface area contributed by atoms with Crippen LogP contribution in [0, 0.1) is 75.2 Å². The summed E-state index contributed by atoms with van der Waals surface area (Å²) in [4.78, 5) is 0. The fraction of sp³-hybridized carbons (Fsp3) is 0.273. The first-order chi connectivity index (χ1) is 27.7. The van der Waals surface area contributed by atoms with E-state index in [1.54, 1.807) is 7.11 Å². The van der Waals surface area contributed by atoms with E-state index in [1.165, 1.54) is 106 Å². The van der Waals surface area contributed by atoms with Crippen molar-refractivity contribution in [3.05, 3.63) is 204 Å². The Morgan fingerprint density at radius 2 is 1.21 bits per heavy atom. The molecule has 2 unspecified atom stereocenters. The number of halogens is 1. The number of aryl methyl sites for hydroxylation is 10. The summed E-state index contributed by atoms with van der Waals surface area (Å²) in [6.45, 7) is 29.4. The third kappa shape index (κ3) is 8.71. The summed E-state index contributed by atoms with van der Waals surface area (Å²) in [6.07, 6.45) is 8.15. The quantitative estimate of drug-likeness (QED) is 0.0689. The molecule has 0 aliphatic heterocycles. The van der Waals surface area contributed by atoms with E-state index in [1.807, 2.05) is 0 Å². The van der Waals surface area contributed by atoms with Crippen molar-refractivity contribution in [2.45, 2.75) is 88.4 Å². The van der Waals surface area contributed by atoms with Crippen LogP contribution in [0.15, 0.2) is 121 Å². The Balaban J connectivity index is 1.79. The summed E-state index contributed by atoms with van der Waals surface area (Å²) in [5, 5.41) is 2.35. The first kappa shape index (κ1) is 43.0. The molecule has 0 saturated heterocycles. The lowest BCUT2D eigenvalue weighted by molar-refractivity contribution is 0.413. The SMILES string of the molecule is C=C(/C=C(/c1c(C)cc(C)cc1C)C(C[B]I)C(C1=C(c2c(C)cc(C)cc2C)C=C(c2ccc(C)cc2)/C1=C/C)c1c(C)cc(OC)cc1C)c1ccc(C)cc1. The van der Waals surface area contributed by atoms with Crippen LogP contribution < -0.4 is 4.74 Å². The molecule has 5 aromatic carbocycles. The van der Waals surface area contributed by atoms with Crippen molar-refractivity contribution >= 4 is 49.8 Å². The van der Waals surface area contributed by atoms with Crippen LogP contribution in [0.1, 0.15) is 96.3 Å². The predicted molar refractivity (Wildman–Crippen MR) is 263 cm³/mol. The molecule has 0 aromatic heterocycles. The van der Waals surface area contributed by atoms with Crippen LogP contribution in [0.25, 0.3) is 22.3 Å². The average molecular weight is 874 g/mol. The molecule has 1 aliphatic rings. The highest BCUT2D eigenvalue weighted by Crippen LogP contribution is 2.56. The Morgan fingerprint density at radius 3 is 1.71 bits per heavy atom. The van der Waals surface area contributed by atoms with Crippen LogP contribution in [-0.4, -0.2) is 12.2 Å². The molecule has 6 rings (SSSR count). The van der Waals surface area contributed by atoms with Crippen LogP contribution in [0.4, 0.5) is 0 Å². The van der Waals surface area contributed by atoms with Gasteiger partial charge in [0, 0.05) is 5.92 Å². The number of allylic oxidation sites excluding steroid dienone is 9. The van der Waals surface area contributed by atoms with Crippen LogP contribution >= 0.6 is 22.4 Å². The molecule has 0 bridgehead atoms. The Kier molecular flexibility index (Phi) is 13.4. The van der Waals surface area contributed by atoms with Gasteiger partial charge >= 0.3 is 0 Å². The molecule has 0 fully saturated rings. The summed E-state index contributed by atoms with van der Waals surface area (Å²) >= 11 is 2.50. The maximum Gasteiger partial charge on any atom is 0.200 e. The number of hydrogen-bond donors (Lipinski definition) is 0. The highest BCUT2D eigenvalue weighted by atomic mass is 127. The van der Waals surface area contributed by atoms with Gasteiger partial charge in [-0.2, -0.15) is 22.4 Å². The summed E-state index contributed by atoms with van der Waals surface area (Å²) in [6, 6.07) is 31.8. The second-order valence-electron chi connectivity index (χ2n) is 16.6. The first-order valence-electron chi connectivity index (χ1n) is 20.6. The lowest BCUT2D eigenvalue weighted by atomic mass is 9.64. The van der Waals surface area contributed by atoms with E-state index < -0.39 is 0 Å². The molecule has 5 aromatic rings. The molecule has 0 heterocycles. The maximum absolute atomic E-state index is 5.91. The molecule has 295 valence electrons. The highest BCUT2D eigenvalue weighted by molar-refractivity contribution is 14.1. The Labute approximate surface area is 363 Å². The van der Waals surface area contributed by atoms with E-state index >= 15 is 0 Å². The molecule has 0 N–H and O–H groups in total. The van der Waals surface area contributed by atoms with Crippen molar-refractivity contribution in [3.63, 3.8) is 0 Å². The van der Waals surface area contributed by atoms with Gasteiger partial charge in [0.15, 0.2) is 0 Å². The Morgan fingerprint density at radius 1 is 0.690 bits per heavy atom. The predicted octanol–water partition coefficient (Wildman–Crippen LogP) is 15.2. The molecule has 0 amide bonds. The van der Waals surface area contributed by atoms with Gasteiger partial charge in [0.2, 0.25) is 5.14 Å². The molecule has 1 aliphatic carbocycles. The zero-order valence-corrected chi connectivity index (χ0v) is 38.9. The monoisotopic (exact) mass is 873 g/mol. The highest BCUT2D eigenvalue weighted by Gasteiger charge is 2.39. The van der Waals surface area contributed by atoms with Gasteiger partial charge < -0.3 is 4.74 Å². The minimum absolute atomic E-state index is 0.0328. The standard InChI is InChI=1S/C55H59BIO/c1-14-46-47(44-21-17-33(3)18-22-44)30-49(52-39(9)25-35(5)26-40(52)10)54(46)55(53-41(11)27-45(58-13)28-42(53)12)50(31-56-57)48(51-37(7)23-34(4)24-38(51)8)29-36(6)43-19-15-32(2)16-20-43/h14-30,50,55H,6,31H2,1-5,7-13H3/b46-14-,48-29+. The molecule has 2 atom stereocenters. The molecular formula is C55H59BIO. The molecule has 0 saturated carbocycles. The number of methoxy groups -OCH3 is 1. The van der Waals surface area contributed by atoms with Gasteiger partial charge in [-0.1, -0.05) is 120 Å². The lowest BCUT2D eigenvalue weighted by Crippen LogP contribution is -2.22. The number of hydrogen-bond acceptors (Lipinski definition) is 1.